The quantitative estimate of drug-likeness (QED) is 0.603. The molecule has 0 atom stereocenters. The van der Waals surface area contributed by atoms with Gasteiger partial charge in [0.25, 0.3) is 0 Å². The first-order valence-electron chi connectivity index (χ1n) is 9.56. The van der Waals surface area contributed by atoms with Crippen LogP contribution in [0.1, 0.15) is 37.4 Å². The number of benzene rings is 1. The van der Waals surface area contributed by atoms with Crippen LogP contribution in [0.5, 0.6) is 0 Å². The highest BCUT2D eigenvalue weighted by atomic mass is 32.1. The van der Waals surface area contributed by atoms with Gasteiger partial charge in [-0.1, -0.05) is 25.1 Å². The fourth-order valence-corrected chi connectivity index (χ4v) is 3.91. The van der Waals surface area contributed by atoms with Crippen LogP contribution >= 0.6 is 11.3 Å². The number of nitrogens with zero attached hydrogens (tertiary/aromatic N) is 3. The van der Waals surface area contributed by atoms with Gasteiger partial charge in [0.05, 0.1) is 17.2 Å². The second-order valence-electron chi connectivity index (χ2n) is 6.52. The first kappa shape index (κ1) is 18.7. The molecule has 0 amide bonds. The lowest BCUT2D eigenvalue weighted by Gasteiger charge is -2.34. The largest absolute Gasteiger partial charge is 0.371 e. The van der Waals surface area contributed by atoms with Crippen LogP contribution in [0.15, 0.2) is 40.7 Å². The monoisotopic (exact) mass is 371 g/mol. The summed E-state index contributed by atoms with van der Waals surface area (Å²) < 4.78 is 0. The highest BCUT2D eigenvalue weighted by Crippen LogP contribution is 2.19. The number of aromatic nitrogens is 1. The molecule has 1 saturated heterocycles. The van der Waals surface area contributed by atoms with E-state index in [2.05, 4.69) is 70.1 Å². The van der Waals surface area contributed by atoms with E-state index in [0.29, 0.717) is 12.6 Å². The van der Waals surface area contributed by atoms with E-state index in [9.17, 15) is 0 Å². The molecule has 1 aliphatic rings. The molecule has 1 fully saturated rings. The van der Waals surface area contributed by atoms with E-state index in [-0.39, 0.29) is 0 Å². The van der Waals surface area contributed by atoms with E-state index in [0.717, 1.165) is 50.6 Å². The Kier molecular flexibility index (Phi) is 6.89. The van der Waals surface area contributed by atoms with Crippen LogP contribution < -0.4 is 15.5 Å². The summed E-state index contributed by atoms with van der Waals surface area (Å²) in [5.74, 6) is 0.900. The number of guanidine groups is 1. The minimum Gasteiger partial charge on any atom is -0.371 e. The second kappa shape index (κ2) is 9.57. The van der Waals surface area contributed by atoms with Crippen molar-refractivity contribution in [2.45, 2.75) is 45.7 Å². The van der Waals surface area contributed by atoms with Gasteiger partial charge in [-0.3, -0.25) is 0 Å². The summed E-state index contributed by atoms with van der Waals surface area (Å²) in [5.41, 5.74) is 2.38. The lowest BCUT2D eigenvalue weighted by molar-refractivity contribution is 0.461. The van der Waals surface area contributed by atoms with Crippen LogP contribution in [0.3, 0.4) is 0 Å². The van der Waals surface area contributed by atoms with E-state index in [1.165, 1.54) is 10.7 Å². The Balaban J connectivity index is 1.52. The third-order valence-electron chi connectivity index (χ3n) is 4.60. The highest BCUT2D eigenvalue weighted by Gasteiger charge is 2.20. The number of hydrogen-bond donors (Lipinski definition) is 2. The molecule has 0 aliphatic carbocycles. The van der Waals surface area contributed by atoms with E-state index in [1.807, 2.05) is 0 Å². The molecule has 1 aliphatic heterocycles. The molecule has 1 aromatic carbocycles. The van der Waals surface area contributed by atoms with Crippen LogP contribution in [-0.4, -0.2) is 36.6 Å². The maximum Gasteiger partial charge on any atom is 0.191 e. The minimum absolute atomic E-state index is 0.467. The van der Waals surface area contributed by atoms with E-state index in [1.54, 1.807) is 11.3 Å². The molecule has 0 unspecified atom stereocenters. The number of rotatable bonds is 6. The molecule has 0 spiro atoms. The summed E-state index contributed by atoms with van der Waals surface area (Å²) in [5, 5.41) is 10.3. The van der Waals surface area contributed by atoms with Crippen LogP contribution in [-0.2, 0) is 13.0 Å². The summed E-state index contributed by atoms with van der Waals surface area (Å²) in [4.78, 5) is 11.8. The van der Waals surface area contributed by atoms with Crippen molar-refractivity contribution < 1.29 is 0 Å². The second-order valence-corrected chi connectivity index (χ2v) is 7.47. The van der Waals surface area contributed by atoms with Gasteiger partial charge in [-0.15, -0.1) is 11.3 Å². The number of thiazole rings is 1. The summed E-state index contributed by atoms with van der Waals surface area (Å²) in [6.07, 6.45) is 3.23. The molecule has 0 saturated carbocycles. The molecule has 0 bridgehead atoms. The maximum atomic E-state index is 4.73. The molecule has 5 nitrogen and oxygen atoms in total. The zero-order valence-corrected chi connectivity index (χ0v) is 16.6. The van der Waals surface area contributed by atoms with Crippen molar-refractivity contribution in [3.05, 3.63) is 46.4 Å². The number of aryl methyl sites for hydroxylation is 1. The number of piperidine rings is 1. The summed E-state index contributed by atoms with van der Waals surface area (Å²) >= 11 is 1.72. The van der Waals surface area contributed by atoms with Crippen LogP contribution in [0.25, 0.3) is 0 Å². The van der Waals surface area contributed by atoms with Crippen LogP contribution in [0, 0.1) is 0 Å². The van der Waals surface area contributed by atoms with Crippen LogP contribution in [0.4, 0.5) is 5.69 Å². The van der Waals surface area contributed by atoms with Gasteiger partial charge in [0.1, 0.15) is 0 Å². The molecule has 140 valence electrons. The Hall–Kier alpha value is -2.08. The fourth-order valence-electron chi connectivity index (χ4n) is 3.18. The lowest BCUT2D eigenvalue weighted by Crippen LogP contribution is -2.48. The number of anilines is 1. The van der Waals surface area contributed by atoms with Gasteiger partial charge >= 0.3 is 0 Å². The number of hydrogen-bond acceptors (Lipinski definition) is 4. The Labute approximate surface area is 160 Å². The Morgan fingerprint density at radius 3 is 2.65 bits per heavy atom. The van der Waals surface area contributed by atoms with E-state index < -0.39 is 0 Å². The Bertz CT molecular complexity index is 689. The highest BCUT2D eigenvalue weighted by molar-refractivity contribution is 7.09. The standard InChI is InChI=1S/C20H29N5S/c1-3-19-23-17(15-26-19)14-22-20(21-4-2)24-16-10-12-25(13-11-16)18-8-6-5-7-9-18/h5-9,15-16H,3-4,10-14H2,1-2H3,(H2,21,22,24). The van der Waals surface area contributed by atoms with Gasteiger partial charge in [0, 0.05) is 36.7 Å². The van der Waals surface area contributed by atoms with Gasteiger partial charge in [0.2, 0.25) is 0 Å². The van der Waals surface area contributed by atoms with Crippen molar-refractivity contribution in [1.29, 1.82) is 0 Å². The van der Waals surface area contributed by atoms with E-state index in [4.69, 9.17) is 4.99 Å². The minimum atomic E-state index is 0.467. The smallest absolute Gasteiger partial charge is 0.191 e. The molecular weight excluding hydrogens is 342 g/mol. The Morgan fingerprint density at radius 1 is 1.23 bits per heavy atom. The molecular formula is C20H29N5S. The van der Waals surface area contributed by atoms with Crippen molar-refractivity contribution in [2.24, 2.45) is 4.99 Å². The molecule has 0 radical (unpaired) electrons. The fraction of sp³-hybridized carbons (Fsp3) is 0.500. The van der Waals surface area contributed by atoms with Crippen molar-refractivity contribution >= 4 is 23.0 Å². The number of nitrogens with one attached hydrogen (secondary N) is 2. The zero-order chi connectivity index (χ0) is 18.2. The molecule has 2 N–H and O–H groups in total. The van der Waals surface area contributed by atoms with Crippen molar-refractivity contribution in [3.63, 3.8) is 0 Å². The summed E-state index contributed by atoms with van der Waals surface area (Å²) in [6, 6.07) is 11.1. The van der Waals surface area contributed by atoms with Gasteiger partial charge in [-0.2, -0.15) is 0 Å². The molecule has 26 heavy (non-hydrogen) atoms. The maximum absolute atomic E-state index is 4.73. The first-order valence-corrected chi connectivity index (χ1v) is 10.4. The predicted octanol–water partition coefficient (Wildman–Crippen LogP) is 3.43. The number of aliphatic imine (C=N–C) groups is 1. The van der Waals surface area contributed by atoms with Crippen molar-refractivity contribution in [1.82, 2.24) is 15.6 Å². The van der Waals surface area contributed by atoms with E-state index >= 15 is 0 Å². The third kappa shape index (κ3) is 5.21. The van der Waals surface area contributed by atoms with Crippen LogP contribution in [0.2, 0.25) is 0 Å². The average Bonchev–Trinajstić information content (AvgIpc) is 3.16. The lowest BCUT2D eigenvalue weighted by atomic mass is 10.0. The summed E-state index contributed by atoms with van der Waals surface area (Å²) in [7, 11) is 0. The molecule has 2 heterocycles. The molecule has 6 heteroatoms. The van der Waals surface area contributed by atoms with Gasteiger partial charge in [-0.05, 0) is 38.3 Å². The summed E-state index contributed by atoms with van der Waals surface area (Å²) in [6.45, 7) is 7.90. The first-order chi connectivity index (χ1) is 12.8. The SMILES string of the molecule is CCNC(=NCc1csc(CC)n1)NC1CCN(c2ccccc2)CC1. The molecule has 2 aromatic rings. The molecule has 1 aromatic heterocycles. The Morgan fingerprint density at radius 2 is 2.00 bits per heavy atom. The molecule has 3 rings (SSSR count). The zero-order valence-electron chi connectivity index (χ0n) is 15.7. The van der Waals surface area contributed by atoms with Crippen molar-refractivity contribution in [3.8, 4) is 0 Å². The number of para-hydroxylation sites is 1. The van der Waals surface area contributed by atoms with Gasteiger partial charge < -0.3 is 15.5 Å². The van der Waals surface area contributed by atoms with Crippen molar-refractivity contribution in [2.75, 3.05) is 24.5 Å². The topological polar surface area (TPSA) is 52.6 Å². The normalized spacial score (nSPS) is 15.9. The van der Waals surface area contributed by atoms with Gasteiger partial charge in [0.15, 0.2) is 5.96 Å². The third-order valence-corrected chi connectivity index (χ3v) is 5.64. The van der Waals surface area contributed by atoms with Gasteiger partial charge in [-0.25, -0.2) is 9.98 Å². The predicted molar refractivity (Wildman–Crippen MR) is 111 cm³/mol. The average molecular weight is 372 g/mol.